The van der Waals surface area contributed by atoms with Crippen LogP contribution in [0.3, 0.4) is 0 Å². The van der Waals surface area contributed by atoms with Gasteiger partial charge in [-0.3, -0.25) is 14.9 Å². The van der Waals surface area contributed by atoms with E-state index in [9.17, 15) is 9.59 Å². The Morgan fingerprint density at radius 1 is 1.33 bits per heavy atom. The predicted molar refractivity (Wildman–Crippen MR) is 116 cm³/mol. The van der Waals surface area contributed by atoms with Crippen LogP contribution in [0, 0.1) is 0 Å². The topological polar surface area (TPSA) is 87.2 Å². The first-order chi connectivity index (χ1) is 14.6. The van der Waals surface area contributed by atoms with Crippen LogP contribution >= 0.6 is 11.3 Å². The van der Waals surface area contributed by atoms with Crippen molar-refractivity contribution in [2.24, 2.45) is 0 Å². The summed E-state index contributed by atoms with van der Waals surface area (Å²) in [5.41, 5.74) is 2.72. The first kappa shape index (κ1) is 19.1. The van der Waals surface area contributed by atoms with Crippen LogP contribution in [0.1, 0.15) is 35.4 Å². The molecule has 2 N–H and O–H groups in total. The molecule has 30 heavy (non-hydrogen) atoms. The van der Waals surface area contributed by atoms with Crippen LogP contribution in [-0.4, -0.2) is 45.3 Å². The second-order valence-electron chi connectivity index (χ2n) is 8.00. The highest BCUT2D eigenvalue weighted by molar-refractivity contribution is 7.09. The second kappa shape index (κ2) is 7.77. The third kappa shape index (κ3) is 3.93. The molecule has 2 aromatic rings. The van der Waals surface area contributed by atoms with E-state index in [4.69, 9.17) is 0 Å². The van der Waals surface area contributed by atoms with Crippen molar-refractivity contribution in [1.29, 1.82) is 0 Å². The Morgan fingerprint density at radius 3 is 2.97 bits per heavy atom. The minimum Gasteiger partial charge on any atom is -0.335 e. The molecule has 1 spiro atoms. The second-order valence-corrected chi connectivity index (χ2v) is 8.98. The molecule has 4 heterocycles. The summed E-state index contributed by atoms with van der Waals surface area (Å²) in [7, 11) is 0. The summed E-state index contributed by atoms with van der Waals surface area (Å²) in [5, 5.41) is 9.37. The molecular weight excluding hydrogens is 398 g/mol. The molecule has 0 aromatic carbocycles. The van der Waals surface area contributed by atoms with Gasteiger partial charge in [-0.05, 0) is 37.0 Å². The van der Waals surface area contributed by atoms with Gasteiger partial charge in [-0.1, -0.05) is 11.6 Å². The lowest BCUT2D eigenvalue weighted by Gasteiger charge is -2.25. The molecule has 0 atom stereocenters. The maximum absolute atomic E-state index is 12.6. The third-order valence-electron chi connectivity index (χ3n) is 5.92. The molecule has 7 nitrogen and oxygen atoms in total. The van der Waals surface area contributed by atoms with Gasteiger partial charge in [0.05, 0.1) is 10.5 Å². The van der Waals surface area contributed by atoms with Gasteiger partial charge in [0.15, 0.2) is 0 Å². The summed E-state index contributed by atoms with van der Waals surface area (Å²) in [6, 6.07) is 1.98. The molecule has 0 radical (unpaired) electrons. The van der Waals surface area contributed by atoms with E-state index in [1.807, 2.05) is 22.5 Å². The highest BCUT2D eigenvalue weighted by Crippen LogP contribution is 2.38. The summed E-state index contributed by atoms with van der Waals surface area (Å²) < 4.78 is 0. The molecular formula is C22H23N5O2S. The summed E-state index contributed by atoms with van der Waals surface area (Å²) in [5.74, 6) is 0.603. The fourth-order valence-corrected chi connectivity index (χ4v) is 4.52. The molecule has 2 amide bonds. The summed E-state index contributed by atoms with van der Waals surface area (Å²) in [4.78, 5) is 35.4. The van der Waals surface area contributed by atoms with Crippen LogP contribution in [0.25, 0.3) is 6.08 Å². The smallest absolute Gasteiger partial charge is 0.246 e. The van der Waals surface area contributed by atoms with Crippen molar-refractivity contribution < 1.29 is 9.59 Å². The Morgan fingerprint density at radius 2 is 2.23 bits per heavy atom. The van der Waals surface area contributed by atoms with E-state index in [0.717, 1.165) is 48.4 Å². The van der Waals surface area contributed by atoms with Crippen molar-refractivity contribution in [1.82, 2.24) is 20.2 Å². The number of hydrogen-bond donors (Lipinski definition) is 2. The van der Waals surface area contributed by atoms with E-state index in [1.165, 1.54) is 5.57 Å². The molecule has 2 aromatic heterocycles. The molecule has 1 saturated carbocycles. The lowest BCUT2D eigenvalue weighted by atomic mass is 10.1. The van der Waals surface area contributed by atoms with Gasteiger partial charge < -0.3 is 10.2 Å². The molecule has 1 aliphatic carbocycles. The van der Waals surface area contributed by atoms with Crippen LogP contribution in [-0.2, 0) is 22.6 Å². The zero-order valence-electron chi connectivity index (χ0n) is 16.6. The molecule has 1 fully saturated rings. The van der Waals surface area contributed by atoms with Crippen molar-refractivity contribution >= 4 is 35.0 Å². The monoisotopic (exact) mass is 421 g/mol. The Balaban J connectivity index is 1.21. The number of pyridine rings is 1. The van der Waals surface area contributed by atoms with Crippen molar-refractivity contribution in [3.05, 3.63) is 57.7 Å². The Bertz CT molecular complexity index is 1040. The number of nitrogens with one attached hydrogen (secondary N) is 2. The molecule has 8 heteroatoms. The Hall–Kier alpha value is -2.84. The number of rotatable bonds is 4. The van der Waals surface area contributed by atoms with Crippen molar-refractivity contribution in [3.8, 4) is 0 Å². The van der Waals surface area contributed by atoms with Gasteiger partial charge in [0.25, 0.3) is 0 Å². The Kier molecular flexibility index (Phi) is 4.96. The summed E-state index contributed by atoms with van der Waals surface area (Å²) >= 11 is 1.67. The normalized spacial score (nSPS) is 19.9. The molecule has 2 aliphatic heterocycles. The molecule has 0 bridgehead atoms. The largest absolute Gasteiger partial charge is 0.335 e. The van der Waals surface area contributed by atoms with Gasteiger partial charge >= 0.3 is 0 Å². The zero-order chi connectivity index (χ0) is 20.6. The minimum atomic E-state index is -0.410. The number of anilines is 1. The lowest BCUT2D eigenvalue weighted by Crippen LogP contribution is -2.40. The van der Waals surface area contributed by atoms with Gasteiger partial charge in [0, 0.05) is 55.5 Å². The lowest BCUT2D eigenvalue weighted by molar-refractivity contribution is -0.125. The van der Waals surface area contributed by atoms with Crippen molar-refractivity contribution in [3.63, 3.8) is 0 Å². The van der Waals surface area contributed by atoms with E-state index in [-0.39, 0.29) is 11.8 Å². The number of fused-ring (bicyclic) bond motifs is 1. The SMILES string of the molecule is O=C(C=Cc1cnc2c(c1)CNC1(CC1)C(=O)N2)N1CC=C(Cc2nccs2)CC1. The van der Waals surface area contributed by atoms with Gasteiger partial charge in [-0.25, -0.2) is 9.97 Å². The van der Waals surface area contributed by atoms with E-state index < -0.39 is 5.54 Å². The van der Waals surface area contributed by atoms with E-state index in [1.54, 1.807) is 29.7 Å². The van der Waals surface area contributed by atoms with Gasteiger partial charge in [-0.2, -0.15) is 0 Å². The van der Waals surface area contributed by atoms with Gasteiger partial charge in [0.2, 0.25) is 11.8 Å². The number of carbonyl (C=O) groups is 2. The number of hydrogen-bond acceptors (Lipinski definition) is 6. The number of amides is 2. The number of thiazole rings is 1. The van der Waals surface area contributed by atoms with Crippen LogP contribution < -0.4 is 10.6 Å². The fourth-order valence-electron chi connectivity index (χ4n) is 3.85. The molecule has 3 aliphatic rings. The first-order valence-corrected chi connectivity index (χ1v) is 11.1. The Labute approximate surface area is 178 Å². The number of nitrogens with zero attached hydrogens (tertiary/aromatic N) is 3. The molecule has 0 saturated heterocycles. The van der Waals surface area contributed by atoms with Crippen LogP contribution in [0.2, 0.25) is 0 Å². The van der Waals surface area contributed by atoms with Crippen LogP contribution in [0.15, 0.2) is 41.6 Å². The summed E-state index contributed by atoms with van der Waals surface area (Å²) in [6.07, 6.45) is 12.6. The van der Waals surface area contributed by atoms with Crippen LogP contribution in [0.5, 0.6) is 0 Å². The van der Waals surface area contributed by atoms with Crippen molar-refractivity contribution in [2.75, 3.05) is 18.4 Å². The average molecular weight is 422 g/mol. The average Bonchev–Trinajstić information content (AvgIpc) is 3.42. The van der Waals surface area contributed by atoms with Gasteiger partial charge in [-0.15, -0.1) is 11.3 Å². The zero-order valence-corrected chi connectivity index (χ0v) is 17.4. The molecule has 154 valence electrons. The first-order valence-electron chi connectivity index (χ1n) is 10.2. The standard InChI is InChI=1S/C22H23N5O2S/c28-19(27-8-3-15(4-9-27)12-18-23-7-10-30-18)2-1-16-11-17-14-25-22(5-6-22)21(29)26-20(17)24-13-16/h1-3,7,10-11,13,25H,4-6,8-9,12,14H2,(H,24,26,29). The number of carbonyl (C=O) groups excluding carboxylic acids is 2. The maximum atomic E-state index is 12.6. The van der Waals surface area contributed by atoms with Crippen LogP contribution in [0.4, 0.5) is 5.82 Å². The van der Waals surface area contributed by atoms with E-state index >= 15 is 0 Å². The third-order valence-corrected chi connectivity index (χ3v) is 6.70. The van der Waals surface area contributed by atoms with Gasteiger partial charge in [0.1, 0.15) is 5.82 Å². The van der Waals surface area contributed by atoms with Crippen molar-refractivity contribution in [2.45, 2.75) is 37.8 Å². The van der Waals surface area contributed by atoms with E-state index in [2.05, 4.69) is 26.7 Å². The minimum absolute atomic E-state index is 0.000368. The number of aromatic nitrogens is 2. The van der Waals surface area contributed by atoms with E-state index in [0.29, 0.717) is 18.9 Å². The summed E-state index contributed by atoms with van der Waals surface area (Å²) in [6.45, 7) is 1.95. The quantitative estimate of drug-likeness (QED) is 0.585. The maximum Gasteiger partial charge on any atom is 0.246 e. The fraction of sp³-hybridized carbons (Fsp3) is 0.364. The molecule has 0 unspecified atom stereocenters. The highest BCUT2D eigenvalue weighted by Gasteiger charge is 2.50. The highest BCUT2D eigenvalue weighted by atomic mass is 32.1. The predicted octanol–water partition coefficient (Wildman–Crippen LogP) is 2.53. The molecule has 5 rings (SSSR count).